The summed E-state index contributed by atoms with van der Waals surface area (Å²) in [6.07, 6.45) is 1.99. The van der Waals surface area contributed by atoms with Crippen LogP contribution in [0.5, 0.6) is 0 Å². The molecule has 0 aliphatic rings. The summed E-state index contributed by atoms with van der Waals surface area (Å²) in [5, 5.41) is 0. The third-order valence-corrected chi connectivity index (χ3v) is 1.70. The Balaban J connectivity index is 3.12. The van der Waals surface area contributed by atoms with Gasteiger partial charge in [-0.2, -0.15) is 0 Å². The topological polar surface area (TPSA) is 4.93 Å². The predicted octanol–water partition coefficient (Wildman–Crippen LogP) is 1.79. The van der Waals surface area contributed by atoms with E-state index in [9.17, 15) is 0 Å². The van der Waals surface area contributed by atoms with Crippen LogP contribution in [0.15, 0.2) is 22.9 Å². The first-order valence-electron chi connectivity index (χ1n) is 2.07. The maximum absolute atomic E-state index is 3.33. The zero-order valence-corrected chi connectivity index (χ0v) is 5.64. The Morgan fingerprint density at radius 1 is 1.71 bits per heavy atom. The molecule has 1 aromatic heterocycles. The first-order chi connectivity index (χ1) is 3.30. The molecular formula is C5H6BrN. The molecule has 1 rings (SSSR count). The lowest BCUT2D eigenvalue weighted by Crippen LogP contribution is -1.80. The lowest BCUT2D eigenvalue weighted by atomic mass is 10.7. The second kappa shape index (κ2) is 1.70. The normalized spacial score (nSPS) is 9.43. The van der Waals surface area contributed by atoms with Crippen molar-refractivity contribution in [2.75, 3.05) is 0 Å². The Bertz CT molecular complexity index is 140. The van der Waals surface area contributed by atoms with Crippen molar-refractivity contribution in [1.29, 1.82) is 0 Å². The highest BCUT2D eigenvalue weighted by molar-refractivity contribution is 9.10. The van der Waals surface area contributed by atoms with E-state index in [0.717, 1.165) is 4.60 Å². The molecule has 0 fully saturated rings. The van der Waals surface area contributed by atoms with Crippen molar-refractivity contribution in [2.24, 2.45) is 7.05 Å². The maximum atomic E-state index is 3.33. The zero-order valence-electron chi connectivity index (χ0n) is 4.06. The maximum Gasteiger partial charge on any atom is 0.0843 e. The summed E-state index contributed by atoms with van der Waals surface area (Å²) in [6.45, 7) is 0. The van der Waals surface area contributed by atoms with Crippen LogP contribution in [0.1, 0.15) is 0 Å². The summed E-state index contributed by atoms with van der Waals surface area (Å²) in [5.41, 5.74) is 0. The fourth-order valence-corrected chi connectivity index (χ4v) is 0.711. The van der Waals surface area contributed by atoms with Gasteiger partial charge in [0.25, 0.3) is 0 Å². The Morgan fingerprint density at radius 2 is 2.43 bits per heavy atom. The van der Waals surface area contributed by atoms with Gasteiger partial charge in [-0.3, -0.25) is 0 Å². The van der Waals surface area contributed by atoms with E-state index in [1.807, 2.05) is 29.9 Å². The minimum absolute atomic E-state index is 1.12. The van der Waals surface area contributed by atoms with Gasteiger partial charge >= 0.3 is 0 Å². The quantitative estimate of drug-likeness (QED) is 0.545. The number of halogens is 1. The molecule has 0 saturated carbocycles. The number of rotatable bonds is 0. The smallest absolute Gasteiger partial charge is 0.0843 e. The lowest BCUT2D eigenvalue weighted by Gasteiger charge is -1.87. The van der Waals surface area contributed by atoms with E-state index in [2.05, 4.69) is 15.9 Å². The van der Waals surface area contributed by atoms with Crippen LogP contribution in [-0.4, -0.2) is 4.57 Å². The van der Waals surface area contributed by atoms with Gasteiger partial charge in [0, 0.05) is 13.2 Å². The molecule has 0 radical (unpaired) electrons. The van der Waals surface area contributed by atoms with Crippen molar-refractivity contribution < 1.29 is 0 Å². The van der Waals surface area contributed by atoms with E-state index in [4.69, 9.17) is 0 Å². The average Bonchev–Trinajstić information content (AvgIpc) is 1.91. The molecule has 0 N–H and O–H groups in total. The van der Waals surface area contributed by atoms with E-state index in [1.165, 1.54) is 0 Å². The zero-order chi connectivity index (χ0) is 5.28. The van der Waals surface area contributed by atoms with Gasteiger partial charge in [-0.1, -0.05) is 0 Å². The molecule has 1 nitrogen and oxygen atoms in total. The predicted molar refractivity (Wildman–Crippen MR) is 33.1 cm³/mol. The van der Waals surface area contributed by atoms with E-state index in [-0.39, 0.29) is 0 Å². The summed E-state index contributed by atoms with van der Waals surface area (Å²) in [4.78, 5) is 0. The van der Waals surface area contributed by atoms with Gasteiger partial charge in [-0.15, -0.1) is 0 Å². The molecule has 7 heavy (non-hydrogen) atoms. The first-order valence-corrected chi connectivity index (χ1v) is 2.87. The summed E-state index contributed by atoms with van der Waals surface area (Å²) < 4.78 is 3.12. The average molecular weight is 160 g/mol. The van der Waals surface area contributed by atoms with E-state index in [0.29, 0.717) is 0 Å². The van der Waals surface area contributed by atoms with E-state index in [1.54, 1.807) is 0 Å². The Kier molecular flexibility index (Phi) is 1.19. The number of aryl methyl sites for hydroxylation is 1. The second-order valence-electron chi connectivity index (χ2n) is 1.44. The summed E-state index contributed by atoms with van der Waals surface area (Å²) in [5.74, 6) is 0. The fourth-order valence-electron chi connectivity index (χ4n) is 0.440. The molecular weight excluding hydrogens is 154 g/mol. The van der Waals surface area contributed by atoms with Crippen molar-refractivity contribution in [3.63, 3.8) is 0 Å². The summed E-state index contributed by atoms with van der Waals surface area (Å²) >= 11 is 3.33. The minimum atomic E-state index is 1.12. The highest BCUT2D eigenvalue weighted by Gasteiger charge is 1.84. The molecule has 0 spiro atoms. The van der Waals surface area contributed by atoms with Crippen molar-refractivity contribution >= 4 is 15.9 Å². The van der Waals surface area contributed by atoms with Crippen molar-refractivity contribution in [2.45, 2.75) is 0 Å². The van der Waals surface area contributed by atoms with Crippen LogP contribution in [0, 0.1) is 0 Å². The number of hydrogen-bond acceptors (Lipinski definition) is 0. The first kappa shape index (κ1) is 4.91. The van der Waals surface area contributed by atoms with Crippen LogP contribution in [0.3, 0.4) is 0 Å². The minimum Gasteiger partial charge on any atom is -0.345 e. The molecule has 0 bridgehead atoms. The molecule has 1 heterocycles. The van der Waals surface area contributed by atoms with Crippen molar-refractivity contribution in [3.05, 3.63) is 22.9 Å². The third-order valence-electron chi connectivity index (χ3n) is 0.880. The summed E-state index contributed by atoms with van der Waals surface area (Å²) in [7, 11) is 1.99. The van der Waals surface area contributed by atoms with Crippen molar-refractivity contribution in [3.8, 4) is 0 Å². The molecule has 0 amide bonds. The second-order valence-corrected chi connectivity index (χ2v) is 2.25. The molecule has 38 valence electrons. The van der Waals surface area contributed by atoms with Crippen molar-refractivity contribution in [1.82, 2.24) is 4.57 Å². The van der Waals surface area contributed by atoms with E-state index < -0.39 is 0 Å². The molecule has 0 atom stereocenters. The van der Waals surface area contributed by atoms with Crippen LogP contribution in [0.4, 0.5) is 0 Å². The standard InChI is InChI=1S/C5H6BrN/c1-7-4-2-3-5(7)6/h2-4H,1H3. The molecule has 0 saturated heterocycles. The number of hydrogen-bond donors (Lipinski definition) is 0. The lowest BCUT2D eigenvalue weighted by molar-refractivity contribution is 0.902. The molecule has 0 aliphatic carbocycles. The largest absolute Gasteiger partial charge is 0.345 e. The van der Waals surface area contributed by atoms with Gasteiger partial charge in [0.2, 0.25) is 0 Å². The van der Waals surface area contributed by atoms with Gasteiger partial charge in [-0.25, -0.2) is 0 Å². The highest BCUT2D eigenvalue weighted by atomic mass is 79.9. The fraction of sp³-hybridized carbons (Fsp3) is 0.200. The Labute approximate surface area is 51.1 Å². The van der Waals surface area contributed by atoms with Gasteiger partial charge < -0.3 is 4.57 Å². The molecule has 1 aromatic rings. The van der Waals surface area contributed by atoms with Crippen LogP contribution < -0.4 is 0 Å². The van der Waals surface area contributed by atoms with Gasteiger partial charge in [0.1, 0.15) is 0 Å². The molecule has 0 unspecified atom stereocenters. The van der Waals surface area contributed by atoms with Gasteiger partial charge in [0.05, 0.1) is 4.60 Å². The molecule has 0 aromatic carbocycles. The summed E-state index contributed by atoms with van der Waals surface area (Å²) in [6, 6.07) is 3.99. The Morgan fingerprint density at radius 3 is 2.57 bits per heavy atom. The van der Waals surface area contributed by atoms with E-state index >= 15 is 0 Å². The van der Waals surface area contributed by atoms with Crippen LogP contribution >= 0.6 is 15.9 Å². The highest BCUT2D eigenvalue weighted by Crippen LogP contribution is 2.06. The SMILES string of the molecule is Cn1cccc1Br. The van der Waals surface area contributed by atoms with Crippen LogP contribution in [-0.2, 0) is 7.05 Å². The van der Waals surface area contributed by atoms with Gasteiger partial charge in [0.15, 0.2) is 0 Å². The molecule has 2 heteroatoms. The van der Waals surface area contributed by atoms with Crippen LogP contribution in [0.25, 0.3) is 0 Å². The van der Waals surface area contributed by atoms with Crippen LogP contribution in [0.2, 0.25) is 0 Å². The third kappa shape index (κ3) is 0.855. The molecule has 0 aliphatic heterocycles. The monoisotopic (exact) mass is 159 g/mol. The van der Waals surface area contributed by atoms with Gasteiger partial charge in [-0.05, 0) is 28.1 Å². The Hall–Kier alpha value is -0.240. The number of nitrogens with zero attached hydrogens (tertiary/aromatic N) is 1. The number of aromatic nitrogens is 1.